The molecule has 3 atom stereocenters. The number of hydrogen-bond acceptors (Lipinski definition) is 6. The summed E-state index contributed by atoms with van der Waals surface area (Å²) in [7, 11) is 1.57. The molecule has 2 heterocycles. The quantitative estimate of drug-likeness (QED) is 0.789. The molecule has 2 aliphatic heterocycles. The van der Waals surface area contributed by atoms with E-state index < -0.39 is 17.1 Å². The average Bonchev–Trinajstić information content (AvgIpc) is 2.97. The number of hydrogen-bond donors (Lipinski definition) is 1. The molecule has 1 saturated heterocycles. The minimum atomic E-state index is -0.691. The third-order valence-corrected chi connectivity index (χ3v) is 6.60. The van der Waals surface area contributed by atoms with Gasteiger partial charge in [0.05, 0.1) is 35.4 Å². The summed E-state index contributed by atoms with van der Waals surface area (Å²) in [5, 5.41) is 9.38. The molecule has 0 spiro atoms. The second-order valence-corrected chi connectivity index (χ2v) is 8.24. The number of ether oxygens (including phenoxy) is 1. The fourth-order valence-corrected chi connectivity index (χ4v) is 5.10. The zero-order chi connectivity index (χ0) is 20.7. The SMILES string of the molecule is COc1ccc([C@@H]2C(C#N)=C(N)S[C@@H]3C(=O)N(c4ccc(C)cc4)C(=O)[C@H]32)cc1. The smallest absolute Gasteiger partial charge is 0.248 e. The lowest BCUT2D eigenvalue weighted by Crippen LogP contribution is -2.33. The molecule has 2 N–H and O–H groups in total. The number of nitriles is 1. The van der Waals surface area contributed by atoms with Crippen molar-refractivity contribution in [1.82, 2.24) is 0 Å². The molecule has 1 fully saturated rings. The fraction of sp³-hybridized carbons (Fsp3) is 0.227. The maximum atomic E-state index is 13.4. The number of rotatable bonds is 3. The van der Waals surface area contributed by atoms with Crippen LogP contribution in [0.3, 0.4) is 0 Å². The molecule has 6 nitrogen and oxygen atoms in total. The molecule has 29 heavy (non-hydrogen) atoms. The van der Waals surface area contributed by atoms with Gasteiger partial charge in [0.15, 0.2) is 0 Å². The van der Waals surface area contributed by atoms with E-state index in [1.807, 2.05) is 31.2 Å². The van der Waals surface area contributed by atoms with Gasteiger partial charge in [-0.1, -0.05) is 41.6 Å². The maximum absolute atomic E-state index is 13.4. The monoisotopic (exact) mass is 405 g/mol. The first-order chi connectivity index (χ1) is 14.0. The number of fused-ring (bicyclic) bond motifs is 1. The van der Waals surface area contributed by atoms with E-state index >= 15 is 0 Å². The topological polar surface area (TPSA) is 96.4 Å². The number of carbonyl (C=O) groups is 2. The Balaban J connectivity index is 1.80. The molecule has 0 unspecified atom stereocenters. The lowest BCUT2D eigenvalue weighted by atomic mass is 9.79. The Labute approximate surface area is 172 Å². The second kappa shape index (κ2) is 7.30. The van der Waals surface area contributed by atoms with Gasteiger partial charge in [0.25, 0.3) is 0 Å². The number of thioether (sulfide) groups is 1. The standard InChI is InChI=1S/C22H19N3O3S/c1-12-3-7-14(8-4-12)25-21(26)18-17(13-5-9-15(28-2)10-6-13)16(11-23)20(24)29-19(18)22(25)27/h3-10,17-19H,24H2,1-2H3/t17-,18+,19+/m1/s1. The molecule has 2 aromatic rings. The molecule has 0 aromatic heterocycles. The normalized spacial score (nSPS) is 23.8. The number of nitrogens with two attached hydrogens (primary N) is 1. The Morgan fingerprint density at radius 2 is 1.72 bits per heavy atom. The molecule has 0 aliphatic carbocycles. The van der Waals surface area contributed by atoms with E-state index in [2.05, 4.69) is 6.07 Å². The summed E-state index contributed by atoms with van der Waals surface area (Å²) >= 11 is 1.11. The highest BCUT2D eigenvalue weighted by Crippen LogP contribution is 2.50. The number of nitrogens with zero attached hydrogens (tertiary/aromatic N) is 2. The summed E-state index contributed by atoms with van der Waals surface area (Å²) in [5.74, 6) is -1.21. The summed E-state index contributed by atoms with van der Waals surface area (Å²) in [6, 6.07) is 16.6. The molecule has 2 aromatic carbocycles. The molecule has 4 rings (SSSR count). The summed E-state index contributed by atoms with van der Waals surface area (Å²) in [6.45, 7) is 1.94. The predicted molar refractivity (Wildman–Crippen MR) is 111 cm³/mol. The summed E-state index contributed by atoms with van der Waals surface area (Å²) in [6.07, 6.45) is 0. The van der Waals surface area contributed by atoms with E-state index in [4.69, 9.17) is 10.5 Å². The highest BCUT2D eigenvalue weighted by molar-refractivity contribution is 8.04. The Bertz CT molecular complexity index is 1050. The first-order valence-electron chi connectivity index (χ1n) is 9.11. The third-order valence-electron chi connectivity index (χ3n) is 5.37. The van der Waals surface area contributed by atoms with Crippen LogP contribution in [-0.2, 0) is 9.59 Å². The minimum Gasteiger partial charge on any atom is -0.497 e. The van der Waals surface area contributed by atoms with Crippen molar-refractivity contribution >= 4 is 29.3 Å². The Hall–Kier alpha value is -3.24. The van der Waals surface area contributed by atoms with Crippen LogP contribution in [0.5, 0.6) is 5.75 Å². The molecule has 0 bridgehead atoms. The number of methoxy groups -OCH3 is 1. The van der Waals surface area contributed by atoms with Crippen LogP contribution in [0.25, 0.3) is 0 Å². The van der Waals surface area contributed by atoms with Crippen molar-refractivity contribution in [1.29, 1.82) is 5.26 Å². The van der Waals surface area contributed by atoms with E-state index in [9.17, 15) is 14.9 Å². The first-order valence-corrected chi connectivity index (χ1v) is 9.99. The van der Waals surface area contributed by atoms with Gasteiger partial charge < -0.3 is 10.5 Å². The van der Waals surface area contributed by atoms with Crippen LogP contribution in [0.15, 0.2) is 59.1 Å². The van der Waals surface area contributed by atoms with Crippen molar-refractivity contribution in [3.63, 3.8) is 0 Å². The van der Waals surface area contributed by atoms with Crippen molar-refractivity contribution in [3.05, 3.63) is 70.3 Å². The lowest BCUT2D eigenvalue weighted by Gasteiger charge is -2.30. The van der Waals surface area contributed by atoms with Crippen LogP contribution < -0.4 is 15.4 Å². The fourth-order valence-electron chi connectivity index (χ4n) is 3.90. The number of aryl methyl sites for hydroxylation is 1. The van der Waals surface area contributed by atoms with Crippen LogP contribution in [0.1, 0.15) is 17.0 Å². The largest absolute Gasteiger partial charge is 0.497 e. The summed E-state index contributed by atoms with van der Waals surface area (Å²) in [5.41, 5.74) is 8.81. The number of amides is 2. The lowest BCUT2D eigenvalue weighted by molar-refractivity contribution is -0.122. The van der Waals surface area contributed by atoms with Gasteiger partial charge in [0.2, 0.25) is 11.8 Å². The Morgan fingerprint density at radius 1 is 1.07 bits per heavy atom. The van der Waals surface area contributed by atoms with Gasteiger partial charge in [-0.25, -0.2) is 4.90 Å². The van der Waals surface area contributed by atoms with Gasteiger partial charge in [-0.2, -0.15) is 5.26 Å². The summed E-state index contributed by atoms with van der Waals surface area (Å²) < 4.78 is 5.21. The van der Waals surface area contributed by atoms with Crippen molar-refractivity contribution in [2.45, 2.75) is 18.1 Å². The zero-order valence-electron chi connectivity index (χ0n) is 16.0. The highest BCUT2D eigenvalue weighted by atomic mass is 32.2. The molecule has 2 amide bonds. The van der Waals surface area contributed by atoms with Crippen LogP contribution >= 0.6 is 11.8 Å². The molecular weight excluding hydrogens is 386 g/mol. The van der Waals surface area contributed by atoms with Crippen LogP contribution in [0, 0.1) is 24.2 Å². The summed E-state index contributed by atoms with van der Waals surface area (Å²) in [4.78, 5) is 27.8. The number of carbonyl (C=O) groups excluding carboxylic acids is 2. The molecular formula is C22H19N3O3S. The van der Waals surface area contributed by atoms with Gasteiger partial charge in [-0.3, -0.25) is 9.59 Å². The van der Waals surface area contributed by atoms with Gasteiger partial charge >= 0.3 is 0 Å². The number of allylic oxidation sites excluding steroid dienone is 1. The van der Waals surface area contributed by atoms with Crippen molar-refractivity contribution in [2.24, 2.45) is 11.7 Å². The highest BCUT2D eigenvalue weighted by Gasteiger charge is 2.56. The Kier molecular flexibility index (Phi) is 4.81. The third kappa shape index (κ3) is 3.06. The van der Waals surface area contributed by atoms with Gasteiger partial charge in [0, 0.05) is 5.92 Å². The van der Waals surface area contributed by atoms with Crippen LogP contribution in [0.2, 0.25) is 0 Å². The number of anilines is 1. The van der Waals surface area contributed by atoms with Gasteiger partial charge in [-0.15, -0.1) is 0 Å². The predicted octanol–water partition coefficient (Wildman–Crippen LogP) is 3.09. The van der Waals surface area contributed by atoms with E-state index in [0.29, 0.717) is 22.0 Å². The molecule has 7 heteroatoms. The van der Waals surface area contributed by atoms with Crippen molar-refractivity contribution < 1.29 is 14.3 Å². The maximum Gasteiger partial charge on any atom is 0.248 e. The molecule has 0 saturated carbocycles. The first kappa shape index (κ1) is 19.1. The van der Waals surface area contributed by atoms with Crippen molar-refractivity contribution in [2.75, 3.05) is 12.0 Å². The van der Waals surface area contributed by atoms with E-state index in [1.54, 1.807) is 31.4 Å². The molecule has 2 aliphatic rings. The van der Waals surface area contributed by atoms with Crippen LogP contribution in [0.4, 0.5) is 5.69 Å². The molecule has 146 valence electrons. The van der Waals surface area contributed by atoms with E-state index in [1.165, 1.54) is 4.90 Å². The Morgan fingerprint density at radius 3 is 2.31 bits per heavy atom. The van der Waals surface area contributed by atoms with Crippen LogP contribution in [-0.4, -0.2) is 24.2 Å². The van der Waals surface area contributed by atoms with Gasteiger partial charge in [0.1, 0.15) is 11.0 Å². The van der Waals surface area contributed by atoms with Gasteiger partial charge in [-0.05, 0) is 36.8 Å². The van der Waals surface area contributed by atoms with Crippen molar-refractivity contribution in [3.8, 4) is 11.8 Å². The number of benzene rings is 2. The average molecular weight is 405 g/mol. The second-order valence-electron chi connectivity index (χ2n) is 7.05. The van der Waals surface area contributed by atoms with E-state index in [-0.39, 0.29) is 11.8 Å². The number of imide groups is 1. The minimum absolute atomic E-state index is 0.293. The zero-order valence-corrected chi connectivity index (χ0v) is 16.8. The molecule has 0 radical (unpaired) electrons. The van der Waals surface area contributed by atoms with E-state index in [0.717, 1.165) is 22.9 Å².